The fraction of sp³-hybridized carbons (Fsp3) is 0.438. The number of thioether (sulfide) groups is 1. The molecule has 0 aliphatic rings. The number of nitrogens with zero attached hydrogens (tertiary/aromatic N) is 2. The van der Waals surface area contributed by atoms with E-state index in [4.69, 9.17) is 11.6 Å². The number of hydrogen-bond acceptors (Lipinski definition) is 3. The molecule has 21 heavy (non-hydrogen) atoms. The molecule has 0 aliphatic heterocycles. The second-order valence-corrected chi connectivity index (χ2v) is 6.35. The largest absolute Gasteiger partial charge is 0.308 e. The molecule has 3 nitrogen and oxygen atoms in total. The Morgan fingerprint density at radius 3 is 2.76 bits per heavy atom. The number of nitrogens with one attached hydrogen (secondary N) is 1. The summed E-state index contributed by atoms with van der Waals surface area (Å²) in [6.45, 7) is 8.09. The van der Waals surface area contributed by atoms with Gasteiger partial charge in [0.15, 0.2) is 0 Å². The molecule has 0 saturated heterocycles. The zero-order valence-corrected chi connectivity index (χ0v) is 14.3. The molecule has 0 aliphatic carbocycles. The van der Waals surface area contributed by atoms with Gasteiger partial charge in [0, 0.05) is 17.2 Å². The number of aryl methyl sites for hydroxylation is 2. The Balaban J connectivity index is 2.16. The zero-order valence-electron chi connectivity index (χ0n) is 12.8. The molecule has 1 N–H and O–H groups in total. The molecule has 114 valence electrons. The monoisotopic (exact) mass is 323 g/mol. The van der Waals surface area contributed by atoms with E-state index in [2.05, 4.69) is 55.5 Å². The first-order valence-electron chi connectivity index (χ1n) is 7.30. The maximum absolute atomic E-state index is 6.33. The summed E-state index contributed by atoms with van der Waals surface area (Å²) in [5.41, 5.74) is 2.40. The molecule has 5 heteroatoms. The number of rotatable bonds is 7. The van der Waals surface area contributed by atoms with Crippen LogP contribution >= 0.6 is 23.4 Å². The van der Waals surface area contributed by atoms with E-state index in [-0.39, 0.29) is 6.04 Å². The second-order valence-electron chi connectivity index (χ2n) is 4.88. The van der Waals surface area contributed by atoms with Crippen molar-refractivity contribution in [2.75, 3.05) is 12.3 Å². The van der Waals surface area contributed by atoms with Crippen molar-refractivity contribution in [1.29, 1.82) is 0 Å². The summed E-state index contributed by atoms with van der Waals surface area (Å²) in [6, 6.07) is 8.68. The van der Waals surface area contributed by atoms with Crippen molar-refractivity contribution in [3.8, 4) is 0 Å². The van der Waals surface area contributed by atoms with E-state index < -0.39 is 0 Å². The van der Waals surface area contributed by atoms with E-state index in [9.17, 15) is 0 Å². The van der Waals surface area contributed by atoms with Gasteiger partial charge in [-0.3, -0.25) is 4.68 Å². The maximum Gasteiger partial charge on any atom is 0.0834 e. The molecule has 1 heterocycles. The van der Waals surface area contributed by atoms with Crippen LogP contribution in [0.5, 0.6) is 0 Å². The minimum atomic E-state index is 0.203. The highest BCUT2D eigenvalue weighted by Crippen LogP contribution is 2.30. The van der Waals surface area contributed by atoms with E-state index in [1.165, 1.54) is 10.5 Å². The molecule has 2 aromatic rings. The molecule has 0 saturated carbocycles. The molecule has 1 aromatic heterocycles. The second kappa shape index (κ2) is 7.87. The van der Waals surface area contributed by atoms with Crippen LogP contribution in [-0.2, 0) is 6.54 Å². The number of aromatic nitrogens is 2. The first-order valence-corrected chi connectivity index (χ1v) is 8.66. The van der Waals surface area contributed by atoms with Gasteiger partial charge in [-0.2, -0.15) is 5.10 Å². The third kappa shape index (κ3) is 4.02. The van der Waals surface area contributed by atoms with Crippen molar-refractivity contribution in [2.24, 2.45) is 0 Å². The first kappa shape index (κ1) is 16.4. The van der Waals surface area contributed by atoms with Gasteiger partial charge in [0.2, 0.25) is 0 Å². The van der Waals surface area contributed by atoms with Crippen LogP contribution < -0.4 is 5.32 Å². The van der Waals surface area contributed by atoms with Gasteiger partial charge >= 0.3 is 0 Å². The van der Waals surface area contributed by atoms with Crippen molar-refractivity contribution in [3.63, 3.8) is 0 Å². The van der Waals surface area contributed by atoms with Crippen molar-refractivity contribution < 1.29 is 0 Å². The smallest absolute Gasteiger partial charge is 0.0834 e. The molecule has 0 amide bonds. The van der Waals surface area contributed by atoms with Crippen LogP contribution in [0.25, 0.3) is 0 Å². The first-order chi connectivity index (χ1) is 10.2. The van der Waals surface area contributed by atoms with Crippen LogP contribution in [0.15, 0.2) is 35.4 Å². The molecular formula is C16H22ClN3S. The average Bonchev–Trinajstić information content (AvgIpc) is 2.86. The Morgan fingerprint density at radius 1 is 1.33 bits per heavy atom. The van der Waals surface area contributed by atoms with Gasteiger partial charge in [-0.05, 0) is 32.0 Å². The third-order valence-electron chi connectivity index (χ3n) is 3.41. The lowest BCUT2D eigenvalue weighted by Crippen LogP contribution is -2.26. The molecule has 0 bridgehead atoms. The number of benzene rings is 1. The SMILES string of the molecule is CCNC(CSc1ccccc1C)c1c(Cl)cnn1CC. The highest BCUT2D eigenvalue weighted by Gasteiger charge is 2.19. The van der Waals surface area contributed by atoms with Crippen LogP contribution in [0.4, 0.5) is 0 Å². The molecule has 1 atom stereocenters. The van der Waals surface area contributed by atoms with Gasteiger partial charge in [0.1, 0.15) is 0 Å². The van der Waals surface area contributed by atoms with Crippen molar-refractivity contribution in [3.05, 3.63) is 46.7 Å². The molecular weight excluding hydrogens is 302 g/mol. The van der Waals surface area contributed by atoms with Gasteiger partial charge in [-0.15, -0.1) is 11.8 Å². The Bertz CT molecular complexity index is 583. The van der Waals surface area contributed by atoms with E-state index in [1.54, 1.807) is 6.20 Å². The molecule has 0 fully saturated rings. The lowest BCUT2D eigenvalue weighted by molar-refractivity contribution is 0.527. The third-order valence-corrected chi connectivity index (χ3v) is 4.97. The summed E-state index contributed by atoms with van der Waals surface area (Å²) in [4.78, 5) is 1.32. The molecule has 0 radical (unpaired) electrons. The van der Waals surface area contributed by atoms with Crippen molar-refractivity contribution in [1.82, 2.24) is 15.1 Å². The standard InChI is InChI=1S/C16H22ClN3S/c1-4-18-14(16-13(17)10-19-20(16)5-2)11-21-15-9-7-6-8-12(15)3/h6-10,14,18H,4-5,11H2,1-3H3. The number of hydrogen-bond donors (Lipinski definition) is 1. The van der Waals surface area contributed by atoms with Crippen LogP contribution in [0.3, 0.4) is 0 Å². The Kier molecular flexibility index (Phi) is 6.15. The van der Waals surface area contributed by atoms with E-state index >= 15 is 0 Å². The highest BCUT2D eigenvalue weighted by atomic mass is 35.5. The fourth-order valence-electron chi connectivity index (χ4n) is 2.34. The molecule has 1 unspecified atom stereocenters. The lowest BCUT2D eigenvalue weighted by atomic mass is 10.2. The van der Waals surface area contributed by atoms with Crippen LogP contribution in [0, 0.1) is 6.92 Å². The predicted molar refractivity (Wildman–Crippen MR) is 91.2 cm³/mol. The van der Waals surface area contributed by atoms with E-state index in [0.717, 1.165) is 29.6 Å². The van der Waals surface area contributed by atoms with Gasteiger partial charge in [0.05, 0.1) is 23.0 Å². The maximum atomic E-state index is 6.33. The summed E-state index contributed by atoms with van der Waals surface area (Å²) >= 11 is 8.19. The van der Waals surface area contributed by atoms with Crippen molar-refractivity contribution in [2.45, 2.75) is 38.3 Å². The van der Waals surface area contributed by atoms with E-state index in [1.807, 2.05) is 16.4 Å². The number of halogens is 1. The minimum Gasteiger partial charge on any atom is -0.308 e. The topological polar surface area (TPSA) is 29.9 Å². The summed E-state index contributed by atoms with van der Waals surface area (Å²) in [5.74, 6) is 0.935. The Hall–Kier alpha value is -0.970. The van der Waals surface area contributed by atoms with Crippen LogP contribution in [0.1, 0.15) is 31.1 Å². The average molecular weight is 324 g/mol. The van der Waals surface area contributed by atoms with E-state index in [0.29, 0.717) is 0 Å². The van der Waals surface area contributed by atoms with Gasteiger partial charge < -0.3 is 5.32 Å². The summed E-state index contributed by atoms with van der Waals surface area (Å²) in [5, 5.41) is 8.61. The van der Waals surface area contributed by atoms with Crippen molar-refractivity contribution >= 4 is 23.4 Å². The molecule has 1 aromatic carbocycles. The highest BCUT2D eigenvalue weighted by molar-refractivity contribution is 7.99. The Labute approximate surface area is 136 Å². The van der Waals surface area contributed by atoms with Gasteiger partial charge in [-0.25, -0.2) is 0 Å². The summed E-state index contributed by atoms with van der Waals surface area (Å²) in [6.07, 6.45) is 1.74. The van der Waals surface area contributed by atoms with Gasteiger partial charge in [0.25, 0.3) is 0 Å². The van der Waals surface area contributed by atoms with Crippen LogP contribution in [-0.4, -0.2) is 22.1 Å². The summed E-state index contributed by atoms with van der Waals surface area (Å²) in [7, 11) is 0. The molecule has 0 spiro atoms. The van der Waals surface area contributed by atoms with Crippen LogP contribution in [0.2, 0.25) is 5.02 Å². The van der Waals surface area contributed by atoms with Gasteiger partial charge in [-0.1, -0.05) is 36.7 Å². The normalized spacial score (nSPS) is 12.6. The summed E-state index contributed by atoms with van der Waals surface area (Å²) < 4.78 is 1.98. The fourth-order valence-corrected chi connectivity index (χ4v) is 3.71. The quantitative estimate of drug-likeness (QED) is 0.770. The Morgan fingerprint density at radius 2 is 2.10 bits per heavy atom. The zero-order chi connectivity index (χ0) is 15.2. The molecule has 2 rings (SSSR count). The lowest BCUT2D eigenvalue weighted by Gasteiger charge is -2.20. The predicted octanol–water partition coefficient (Wildman–Crippen LogP) is 4.31. The minimum absolute atomic E-state index is 0.203.